The molecule has 4 atom stereocenters. The van der Waals surface area contributed by atoms with Crippen LogP contribution < -0.4 is 11.0 Å². The number of benzene rings is 1. The first-order valence-electron chi connectivity index (χ1n) is 10.5. The van der Waals surface area contributed by atoms with Gasteiger partial charge in [-0.15, -0.1) is 0 Å². The van der Waals surface area contributed by atoms with Gasteiger partial charge in [0.1, 0.15) is 23.6 Å². The molecule has 3 heterocycles. The van der Waals surface area contributed by atoms with E-state index < -0.39 is 29.7 Å². The molecule has 2 bridgehead atoms. The number of hydrogen-bond acceptors (Lipinski definition) is 6. The molecule has 2 saturated heterocycles. The molecule has 0 saturated carbocycles. The highest BCUT2D eigenvalue weighted by molar-refractivity contribution is 6.04. The number of hydrogen-bond donors (Lipinski definition) is 2. The number of aliphatic hydroxyl groups is 1. The Balaban J connectivity index is 1.65. The Bertz CT molecular complexity index is 1100. The molecule has 2 aliphatic heterocycles. The molecule has 2 fully saturated rings. The number of ether oxygens (including phenoxy) is 1. The minimum Gasteiger partial charge on any atom is -0.388 e. The number of aromatic nitrogens is 2. The van der Waals surface area contributed by atoms with Gasteiger partial charge in [-0.3, -0.25) is 9.36 Å². The summed E-state index contributed by atoms with van der Waals surface area (Å²) >= 11 is 0. The first-order valence-corrected chi connectivity index (χ1v) is 10.5. The molecular formula is C22H27N5O5. The van der Waals surface area contributed by atoms with Gasteiger partial charge in [0, 0.05) is 31.4 Å². The first kappa shape index (κ1) is 22.0. The van der Waals surface area contributed by atoms with Crippen LogP contribution >= 0.6 is 0 Å². The van der Waals surface area contributed by atoms with Gasteiger partial charge >= 0.3 is 11.7 Å². The summed E-state index contributed by atoms with van der Waals surface area (Å²) in [7, 11) is 3.27. The lowest BCUT2D eigenvalue weighted by atomic mass is 9.96. The lowest BCUT2D eigenvalue weighted by Gasteiger charge is -2.38. The fourth-order valence-electron chi connectivity index (χ4n) is 4.42. The molecule has 10 heteroatoms. The molecule has 4 rings (SSSR count). The average molecular weight is 441 g/mol. The van der Waals surface area contributed by atoms with Gasteiger partial charge in [-0.05, 0) is 25.5 Å². The van der Waals surface area contributed by atoms with Crippen molar-refractivity contribution in [1.29, 1.82) is 0 Å². The predicted octanol–water partition coefficient (Wildman–Crippen LogP) is 1.21. The standard InChI is InChI=1S/C22H27N5O5/c1-5-22-12-27(21(31)25(3)4)15(16(22)28)19(32-22)26-11-13(2)17(24-20(26)30)23-18(29)14-9-7-6-8-10-14/h6-11,15-16,19,28H,5,12H2,1-4H3,(H,23,24,29,30)/t15-,16+,19?,22+/m1/s1. The van der Waals surface area contributed by atoms with Crippen LogP contribution in [0.15, 0.2) is 41.3 Å². The lowest BCUT2D eigenvalue weighted by molar-refractivity contribution is -0.131. The van der Waals surface area contributed by atoms with Crippen LogP contribution in [0.1, 0.15) is 35.5 Å². The number of rotatable bonds is 4. The summed E-state index contributed by atoms with van der Waals surface area (Å²) in [5, 5.41) is 13.6. The summed E-state index contributed by atoms with van der Waals surface area (Å²) in [4.78, 5) is 45.1. The van der Waals surface area contributed by atoms with Crippen molar-refractivity contribution in [2.75, 3.05) is 26.0 Å². The van der Waals surface area contributed by atoms with Crippen LogP contribution in [0.25, 0.3) is 0 Å². The predicted molar refractivity (Wildman–Crippen MR) is 116 cm³/mol. The maximum atomic E-state index is 12.9. The molecule has 1 aromatic carbocycles. The zero-order valence-corrected chi connectivity index (χ0v) is 18.5. The monoisotopic (exact) mass is 441 g/mol. The maximum absolute atomic E-state index is 12.9. The molecular weight excluding hydrogens is 414 g/mol. The van der Waals surface area contributed by atoms with E-state index in [1.54, 1.807) is 56.3 Å². The number of morpholine rings is 1. The third-order valence-electron chi connectivity index (χ3n) is 6.21. The lowest BCUT2D eigenvalue weighted by Crippen LogP contribution is -2.52. The van der Waals surface area contributed by atoms with Crippen LogP contribution in [-0.2, 0) is 4.74 Å². The van der Waals surface area contributed by atoms with Gasteiger partial charge < -0.3 is 25.0 Å². The zero-order chi connectivity index (χ0) is 23.2. The van der Waals surface area contributed by atoms with E-state index in [0.29, 0.717) is 17.5 Å². The topological polar surface area (TPSA) is 117 Å². The number of carbonyl (C=O) groups excluding carboxylic acids is 2. The maximum Gasteiger partial charge on any atom is 0.351 e. The average Bonchev–Trinajstić information content (AvgIpc) is 3.23. The van der Waals surface area contributed by atoms with Crippen molar-refractivity contribution in [2.45, 2.75) is 44.2 Å². The quantitative estimate of drug-likeness (QED) is 0.737. The van der Waals surface area contributed by atoms with Crippen LogP contribution in [0.5, 0.6) is 0 Å². The number of anilines is 1. The molecule has 1 unspecified atom stereocenters. The van der Waals surface area contributed by atoms with Crippen molar-refractivity contribution in [3.05, 3.63) is 58.1 Å². The number of likely N-dealkylation sites (tertiary alicyclic amines) is 1. The summed E-state index contributed by atoms with van der Waals surface area (Å²) in [6.45, 7) is 3.83. The third kappa shape index (κ3) is 3.45. The highest BCUT2D eigenvalue weighted by Gasteiger charge is 2.64. The molecule has 170 valence electrons. The summed E-state index contributed by atoms with van der Waals surface area (Å²) in [5.74, 6) is -0.229. The van der Waals surface area contributed by atoms with Gasteiger partial charge in [0.05, 0.1) is 6.54 Å². The number of nitrogens with one attached hydrogen (secondary N) is 1. The van der Waals surface area contributed by atoms with Crippen molar-refractivity contribution >= 4 is 17.8 Å². The molecule has 0 aliphatic carbocycles. The Morgan fingerprint density at radius 2 is 2.00 bits per heavy atom. The van der Waals surface area contributed by atoms with Gasteiger partial charge in [-0.1, -0.05) is 25.1 Å². The second-order valence-electron chi connectivity index (χ2n) is 8.45. The molecule has 2 aromatic rings. The van der Waals surface area contributed by atoms with Crippen LogP contribution in [0.2, 0.25) is 0 Å². The smallest absolute Gasteiger partial charge is 0.351 e. The van der Waals surface area contributed by atoms with E-state index in [4.69, 9.17) is 4.74 Å². The van der Waals surface area contributed by atoms with Crippen LogP contribution in [-0.4, -0.2) is 74.8 Å². The van der Waals surface area contributed by atoms with E-state index in [1.165, 1.54) is 15.7 Å². The minimum atomic E-state index is -0.950. The molecule has 10 nitrogen and oxygen atoms in total. The van der Waals surface area contributed by atoms with Gasteiger partial charge in [0.2, 0.25) is 0 Å². The third-order valence-corrected chi connectivity index (χ3v) is 6.21. The normalized spacial score (nSPS) is 26.3. The van der Waals surface area contributed by atoms with Gasteiger partial charge in [-0.25, -0.2) is 9.59 Å². The summed E-state index contributed by atoms with van der Waals surface area (Å²) < 4.78 is 7.44. The molecule has 32 heavy (non-hydrogen) atoms. The number of fused-ring (bicyclic) bond motifs is 2. The number of aliphatic hydroxyl groups excluding tert-OH is 1. The Morgan fingerprint density at radius 1 is 1.31 bits per heavy atom. The van der Waals surface area contributed by atoms with Crippen LogP contribution in [0.3, 0.4) is 0 Å². The Morgan fingerprint density at radius 3 is 2.59 bits per heavy atom. The van der Waals surface area contributed by atoms with E-state index in [0.717, 1.165) is 0 Å². The molecule has 2 N–H and O–H groups in total. The molecule has 2 aliphatic rings. The Hall–Kier alpha value is -3.24. The number of amides is 3. The second kappa shape index (κ2) is 8.03. The molecule has 0 radical (unpaired) electrons. The minimum absolute atomic E-state index is 0.148. The largest absolute Gasteiger partial charge is 0.388 e. The van der Waals surface area contributed by atoms with Crippen LogP contribution in [0, 0.1) is 6.92 Å². The van der Waals surface area contributed by atoms with Crippen molar-refractivity contribution in [3.8, 4) is 0 Å². The van der Waals surface area contributed by atoms with Crippen molar-refractivity contribution in [3.63, 3.8) is 0 Å². The fraction of sp³-hybridized carbons (Fsp3) is 0.455. The van der Waals surface area contributed by atoms with E-state index in [-0.39, 0.29) is 24.3 Å². The summed E-state index contributed by atoms with van der Waals surface area (Å²) in [6, 6.07) is 7.63. The summed E-state index contributed by atoms with van der Waals surface area (Å²) in [6.07, 6.45) is 0.187. The fourth-order valence-corrected chi connectivity index (χ4v) is 4.42. The van der Waals surface area contributed by atoms with Crippen molar-refractivity contribution in [1.82, 2.24) is 19.4 Å². The van der Waals surface area contributed by atoms with Gasteiger partial charge in [-0.2, -0.15) is 4.98 Å². The molecule has 3 amide bonds. The SMILES string of the molecule is CC[C@@]12CN(C(=O)N(C)C)[C@@H](C(n3cc(C)c(NC(=O)c4ccccc4)nc3=O)O1)[C@@H]2O. The number of nitrogens with zero attached hydrogens (tertiary/aromatic N) is 4. The number of carbonyl (C=O) groups is 2. The Kier molecular flexibility index (Phi) is 5.51. The summed E-state index contributed by atoms with van der Waals surface area (Å²) in [5.41, 5.74) is -0.604. The van der Waals surface area contributed by atoms with Crippen molar-refractivity contribution < 1.29 is 19.4 Å². The van der Waals surface area contributed by atoms with E-state index in [9.17, 15) is 19.5 Å². The Labute approximate surface area is 185 Å². The van der Waals surface area contributed by atoms with E-state index in [2.05, 4.69) is 10.3 Å². The highest BCUT2D eigenvalue weighted by atomic mass is 16.6. The molecule has 0 spiro atoms. The zero-order valence-electron chi connectivity index (χ0n) is 18.5. The number of urea groups is 1. The van der Waals surface area contributed by atoms with Crippen LogP contribution in [0.4, 0.5) is 10.6 Å². The number of aryl methyl sites for hydroxylation is 1. The van der Waals surface area contributed by atoms with Crippen molar-refractivity contribution in [2.24, 2.45) is 0 Å². The first-order chi connectivity index (χ1) is 15.2. The van der Waals surface area contributed by atoms with Gasteiger partial charge in [0.15, 0.2) is 6.23 Å². The van der Waals surface area contributed by atoms with E-state index >= 15 is 0 Å². The molecule has 1 aromatic heterocycles. The second-order valence-corrected chi connectivity index (χ2v) is 8.45. The van der Waals surface area contributed by atoms with E-state index in [1.807, 2.05) is 6.92 Å². The van der Waals surface area contributed by atoms with Gasteiger partial charge in [0.25, 0.3) is 5.91 Å². The highest BCUT2D eigenvalue weighted by Crippen LogP contribution is 2.48.